The Morgan fingerprint density at radius 1 is 1.04 bits per heavy atom. The highest BCUT2D eigenvalue weighted by Crippen LogP contribution is 2.23. The number of carboxylic acids is 1. The molecule has 0 spiro atoms. The molecule has 1 aromatic heterocycles. The Hall–Kier alpha value is -2.86. The lowest BCUT2D eigenvalue weighted by Crippen LogP contribution is -2.11. The second kappa shape index (κ2) is 5.73. The lowest BCUT2D eigenvalue weighted by Gasteiger charge is -2.08. The first kappa shape index (κ1) is 15.1. The average molecular weight is 327 g/mol. The van der Waals surface area contributed by atoms with Gasteiger partial charge in [-0.2, -0.15) is 0 Å². The molecular formula is C17H13NO4S. The van der Waals surface area contributed by atoms with E-state index in [0.29, 0.717) is 11.1 Å². The van der Waals surface area contributed by atoms with Gasteiger partial charge in [0.25, 0.3) is 10.0 Å². The Morgan fingerprint density at radius 3 is 2.48 bits per heavy atom. The Kier molecular flexibility index (Phi) is 3.75. The highest BCUT2D eigenvalue weighted by Gasteiger charge is 2.18. The second-order valence-electron chi connectivity index (χ2n) is 4.92. The highest BCUT2D eigenvalue weighted by molar-refractivity contribution is 7.90. The van der Waals surface area contributed by atoms with Crippen molar-refractivity contribution < 1.29 is 18.3 Å². The molecular weight excluding hydrogens is 314 g/mol. The van der Waals surface area contributed by atoms with E-state index in [4.69, 9.17) is 5.11 Å². The number of nitrogens with zero attached hydrogens (tertiary/aromatic N) is 1. The highest BCUT2D eigenvalue weighted by atomic mass is 32.2. The molecule has 0 saturated carbocycles. The molecule has 0 amide bonds. The fourth-order valence-electron chi connectivity index (χ4n) is 2.31. The van der Waals surface area contributed by atoms with Crippen LogP contribution in [0.15, 0.2) is 71.8 Å². The molecule has 0 bridgehead atoms. The summed E-state index contributed by atoms with van der Waals surface area (Å²) in [6.07, 6.45) is 3.94. The smallest absolute Gasteiger partial charge is 0.328 e. The summed E-state index contributed by atoms with van der Waals surface area (Å²) in [5, 5.41) is 9.45. The van der Waals surface area contributed by atoms with Gasteiger partial charge in [-0.15, -0.1) is 0 Å². The number of benzene rings is 2. The normalized spacial score (nSPS) is 12.0. The van der Waals surface area contributed by atoms with Gasteiger partial charge in [0.05, 0.1) is 10.4 Å². The summed E-state index contributed by atoms with van der Waals surface area (Å²) in [4.78, 5) is 10.8. The van der Waals surface area contributed by atoms with E-state index in [0.717, 1.165) is 11.5 Å². The first-order valence-corrected chi connectivity index (χ1v) is 8.25. The van der Waals surface area contributed by atoms with Crippen molar-refractivity contribution in [3.05, 3.63) is 72.4 Å². The maximum Gasteiger partial charge on any atom is 0.328 e. The fraction of sp³-hybridized carbons (Fsp3) is 0. The fourth-order valence-corrected chi connectivity index (χ4v) is 3.67. The molecule has 5 nitrogen and oxygen atoms in total. The van der Waals surface area contributed by atoms with Crippen LogP contribution >= 0.6 is 0 Å². The minimum atomic E-state index is -3.69. The van der Waals surface area contributed by atoms with Gasteiger partial charge in [-0.3, -0.25) is 0 Å². The summed E-state index contributed by atoms with van der Waals surface area (Å²) in [5.41, 5.74) is 1.12. The Bertz CT molecular complexity index is 1000. The number of aliphatic carboxylic acids is 1. The molecule has 3 rings (SSSR count). The summed E-state index contributed by atoms with van der Waals surface area (Å²) in [5.74, 6) is -1.06. The molecule has 1 N–H and O–H groups in total. The van der Waals surface area contributed by atoms with Crippen molar-refractivity contribution in [3.8, 4) is 0 Å². The number of fused-ring (bicyclic) bond motifs is 1. The summed E-state index contributed by atoms with van der Waals surface area (Å²) >= 11 is 0. The second-order valence-corrected chi connectivity index (χ2v) is 6.73. The van der Waals surface area contributed by atoms with E-state index in [2.05, 4.69) is 0 Å². The van der Waals surface area contributed by atoms with Crippen molar-refractivity contribution in [1.82, 2.24) is 3.97 Å². The van der Waals surface area contributed by atoms with Gasteiger partial charge < -0.3 is 5.11 Å². The zero-order valence-corrected chi connectivity index (χ0v) is 12.8. The minimum Gasteiger partial charge on any atom is -0.478 e. The topological polar surface area (TPSA) is 76.4 Å². The van der Waals surface area contributed by atoms with Gasteiger partial charge in [0.1, 0.15) is 0 Å². The third kappa shape index (κ3) is 2.89. The van der Waals surface area contributed by atoms with Gasteiger partial charge in [-0.1, -0.05) is 30.3 Å². The lowest BCUT2D eigenvalue weighted by atomic mass is 10.1. The zero-order valence-electron chi connectivity index (χ0n) is 12.0. The number of hydrogen-bond donors (Lipinski definition) is 1. The first-order chi connectivity index (χ1) is 11.0. The van der Waals surface area contributed by atoms with Gasteiger partial charge in [-0.25, -0.2) is 17.2 Å². The molecule has 0 aliphatic carbocycles. The van der Waals surface area contributed by atoms with Crippen LogP contribution in [0, 0.1) is 0 Å². The molecule has 3 aromatic rings. The molecule has 116 valence electrons. The van der Waals surface area contributed by atoms with Crippen molar-refractivity contribution in [3.63, 3.8) is 0 Å². The molecule has 0 radical (unpaired) electrons. The number of hydrogen-bond acceptors (Lipinski definition) is 3. The van der Waals surface area contributed by atoms with Crippen LogP contribution in [0.25, 0.3) is 17.0 Å². The van der Waals surface area contributed by atoms with Gasteiger partial charge in [0, 0.05) is 17.7 Å². The van der Waals surface area contributed by atoms with Crippen LogP contribution in [0.1, 0.15) is 5.56 Å². The van der Waals surface area contributed by atoms with Gasteiger partial charge in [0.15, 0.2) is 0 Å². The third-order valence-corrected chi connectivity index (χ3v) is 5.10. The molecule has 0 atom stereocenters. The predicted octanol–water partition coefficient (Wildman–Crippen LogP) is 2.98. The largest absolute Gasteiger partial charge is 0.478 e. The van der Waals surface area contributed by atoms with Crippen molar-refractivity contribution in [1.29, 1.82) is 0 Å². The maximum absolute atomic E-state index is 12.7. The van der Waals surface area contributed by atoms with Crippen LogP contribution in [0.2, 0.25) is 0 Å². The van der Waals surface area contributed by atoms with Crippen LogP contribution in [0.3, 0.4) is 0 Å². The van der Waals surface area contributed by atoms with Crippen LogP contribution in [0.4, 0.5) is 0 Å². The summed E-state index contributed by atoms with van der Waals surface area (Å²) in [6, 6.07) is 15.0. The number of carboxylic acid groups (broad SMARTS) is 1. The number of rotatable bonds is 4. The average Bonchev–Trinajstić information content (AvgIpc) is 2.97. The SMILES string of the molecule is O=C(O)C=Cc1ccc2ccn(S(=O)(=O)c3ccccc3)c2c1. The van der Waals surface area contributed by atoms with E-state index in [9.17, 15) is 13.2 Å². The standard InChI is InChI=1S/C17H13NO4S/c19-17(20)9-7-13-6-8-14-10-11-18(16(14)12-13)23(21,22)15-4-2-1-3-5-15/h1-12H,(H,19,20). The van der Waals surface area contributed by atoms with Crippen LogP contribution in [-0.4, -0.2) is 23.5 Å². The molecule has 1 heterocycles. The molecule has 23 heavy (non-hydrogen) atoms. The molecule has 0 fully saturated rings. The lowest BCUT2D eigenvalue weighted by molar-refractivity contribution is -0.131. The molecule has 0 aliphatic rings. The Labute approximate surface area is 133 Å². The Balaban J connectivity index is 2.15. The quantitative estimate of drug-likeness (QED) is 0.747. The predicted molar refractivity (Wildman–Crippen MR) is 87.6 cm³/mol. The van der Waals surface area contributed by atoms with Crippen molar-refractivity contribution in [2.24, 2.45) is 0 Å². The molecule has 0 unspecified atom stereocenters. The van der Waals surface area contributed by atoms with Gasteiger partial charge in [-0.05, 0) is 35.9 Å². The van der Waals surface area contributed by atoms with Crippen LogP contribution < -0.4 is 0 Å². The zero-order chi connectivity index (χ0) is 16.4. The van der Waals surface area contributed by atoms with E-state index < -0.39 is 16.0 Å². The molecule has 6 heteroatoms. The summed E-state index contributed by atoms with van der Waals surface area (Å²) in [7, 11) is -3.69. The molecule has 2 aromatic carbocycles. The van der Waals surface area contributed by atoms with Gasteiger partial charge in [0.2, 0.25) is 0 Å². The number of carbonyl (C=O) groups is 1. The van der Waals surface area contributed by atoms with E-state index in [1.54, 1.807) is 42.5 Å². The first-order valence-electron chi connectivity index (χ1n) is 6.81. The minimum absolute atomic E-state index is 0.198. The van der Waals surface area contributed by atoms with Crippen molar-refractivity contribution >= 4 is 33.0 Å². The van der Waals surface area contributed by atoms with Crippen LogP contribution in [0.5, 0.6) is 0 Å². The maximum atomic E-state index is 12.7. The van der Waals surface area contributed by atoms with E-state index in [1.807, 2.05) is 0 Å². The van der Waals surface area contributed by atoms with Crippen molar-refractivity contribution in [2.45, 2.75) is 4.90 Å². The molecule has 0 saturated heterocycles. The molecule has 0 aliphatic heterocycles. The summed E-state index contributed by atoms with van der Waals surface area (Å²) < 4.78 is 26.7. The number of aromatic nitrogens is 1. The van der Waals surface area contributed by atoms with Crippen molar-refractivity contribution in [2.75, 3.05) is 0 Å². The monoisotopic (exact) mass is 327 g/mol. The van der Waals surface area contributed by atoms with Gasteiger partial charge >= 0.3 is 5.97 Å². The third-order valence-electron chi connectivity index (χ3n) is 3.40. The summed E-state index contributed by atoms with van der Waals surface area (Å²) in [6.45, 7) is 0. The Morgan fingerprint density at radius 2 is 1.78 bits per heavy atom. The van der Waals surface area contributed by atoms with Crippen LogP contribution in [-0.2, 0) is 14.8 Å². The van der Waals surface area contributed by atoms with E-state index in [-0.39, 0.29) is 4.90 Å². The van der Waals surface area contributed by atoms with E-state index in [1.165, 1.54) is 28.4 Å². The van der Waals surface area contributed by atoms with E-state index >= 15 is 0 Å².